The number of carbonyl (C=O) groups is 1. The largest absolute Gasteiger partial charge is 0.329 e. The Balaban J connectivity index is 1.69. The molecule has 1 saturated heterocycles. The number of sulfone groups is 1. The first kappa shape index (κ1) is 18.4. The van der Waals surface area contributed by atoms with Gasteiger partial charge in [0, 0.05) is 18.4 Å². The molecule has 2 heterocycles. The summed E-state index contributed by atoms with van der Waals surface area (Å²) in [4.78, 5) is 19.6. The van der Waals surface area contributed by atoms with Crippen molar-refractivity contribution in [2.45, 2.75) is 23.8 Å². The summed E-state index contributed by atoms with van der Waals surface area (Å²) in [6.45, 7) is 0.621. The van der Waals surface area contributed by atoms with E-state index >= 15 is 0 Å². The molecule has 8 heteroatoms. The minimum Gasteiger partial charge on any atom is -0.329 e. The van der Waals surface area contributed by atoms with E-state index < -0.39 is 9.84 Å². The molecule has 1 amide bonds. The van der Waals surface area contributed by atoms with Gasteiger partial charge in [-0.05, 0) is 43.2 Å². The highest BCUT2D eigenvalue weighted by molar-refractivity contribution is 7.90. The van der Waals surface area contributed by atoms with Gasteiger partial charge in [-0.2, -0.15) is 0 Å². The third-order valence-corrected chi connectivity index (χ3v) is 7.40. The minimum absolute atomic E-state index is 0.0225. The SMILES string of the molecule is CS(=O)(=O)c1cc(C(=O)N2CCCC2c2nc3ccccc3s2)ccc1Cl. The summed E-state index contributed by atoms with van der Waals surface area (Å²) in [6.07, 6.45) is 2.82. The highest BCUT2D eigenvalue weighted by Crippen LogP contribution is 2.37. The summed E-state index contributed by atoms with van der Waals surface area (Å²) >= 11 is 7.60. The molecule has 0 radical (unpaired) electrons. The summed E-state index contributed by atoms with van der Waals surface area (Å²) < 4.78 is 24.9. The molecule has 0 spiro atoms. The standard InChI is InChI=1S/C19H17ClN2O3S2/c1-27(24,25)17-11-12(8-9-13(17)20)19(23)22-10-4-6-15(22)18-21-14-5-2-3-7-16(14)26-18/h2-3,5,7-9,11,15H,4,6,10H2,1H3. The van der Waals surface area contributed by atoms with Crippen LogP contribution >= 0.6 is 22.9 Å². The van der Waals surface area contributed by atoms with E-state index in [1.165, 1.54) is 12.1 Å². The second-order valence-corrected chi connectivity index (χ2v) is 10.0. The van der Waals surface area contributed by atoms with Crippen LogP contribution in [-0.4, -0.2) is 37.0 Å². The van der Waals surface area contributed by atoms with Crippen LogP contribution < -0.4 is 0 Å². The van der Waals surface area contributed by atoms with Gasteiger partial charge in [0.2, 0.25) is 0 Å². The van der Waals surface area contributed by atoms with Gasteiger partial charge < -0.3 is 4.90 Å². The molecule has 1 aliphatic rings. The molecule has 0 bridgehead atoms. The first-order valence-corrected chi connectivity index (χ1v) is 11.6. The molecule has 27 heavy (non-hydrogen) atoms. The molecule has 0 aliphatic carbocycles. The highest BCUT2D eigenvalue weighted by Gasteiger charge is 2.33. The van der Waals surface area contributed by atoms with Crippen LogP contribution in [0.1, 0.15) is 34.2 Å². The number of rotatable bonds is 3. The Morgan fingerprint density at radius 1 is 1.26 bits per heavy atom. The summed E-state index contributed by atoms with van der Waals surface area (Å²) in [5, 5.41) is 1.04. The van der Waals surface area contributed by atoms with Gasteiger partial charge >= 0.3 is 0 Å². The van der Waals surface area contributed by atoms with Gasteiger partial charge in [0.1, 0.15) is 5.01 Å². The Morgan fingerprint density at radius 2 is 2.04 bits per heavy atom. The van der Waals surface area contributed by atoms with Crippen LogP contribution in [0.3, 0.4) is 0 Å². The summed E-state index contributed by atoms with van der Waals surface area (Å²) in [5.41, 5.74) is 1.26. The van der Waals surface area contributed by atoms with Crippen molar-refractivity contribution in [1.29, 1.82) is 0 Å². The predicted octanol–water partition coefficient (Wildman–Crippen LogP) is 4.33. The quantitative estimate of drug-likeness (QED) is 0.632. The van der Waals surface area contributed by atoms with Crippen molar-refractivity contribution in [3.8, 4) is 0 Å². The third-order valence-electron chi connectivity index (χ3n) is 4.69. The number of fused-ring (bicyclic) bond motifs is 1. The number of aromatic nitrogens is 1. The number of nitrogens with zero attached hydrogens (tertiary/aromatic N) is 2. The second-order valence-electron chi connectivity index (χ2n) is 6.59. The number of halogens is 1. The number of para-hydroxylation sites is 1. The first-order chi connectivity index (χ1) is 12.8. The Kier molecular flexibility index (Phi) is 4.70. The van der Waals surface area contributed by atoms with E-state index in [2.05, 4.69) is 0 Å². The van der Waals surface area contributed by atoms with E-state index in [-0.39, 0.29) is 21.9 Å². The van der Waals surface area contributed by atoms with E-state index in [0.29, 0.717) is 12.1 Å². The molecule has 1 aliphatic heterocycles. The molecule has 1 fully saturated rings. The molecule has 1 atom stereocenters. The van der Waals surface area contributed by atoms with E-state index in [0.717, 1.165) is 34.3 Å². The zero-order valence-electron chi connectivity index (χ0n) is 14.6. The van der Waals surface area contributed by atoms with Crippen LogP contribution in [-0.2, 0) is 9.84 Å². The Hall–Kier alpha value is -1.96. The smallest absolute Gasteiger partial charge is 0.254 e. The molecule has 0 N–H and O–H groups in total. The van der Waals surface area contributed by atoms with E-state index in [4.69, 9.17) is 16.6 Å². The van der Waals surface area contributed by atoms with E-state index in [9.17, 15) is 13.2 Å². The van der Waals surface area contributed by atoms with Gasteiger partial charge in [-0.1, -0.05) is 23.7 Å². The second kappa shape index (κ2) is 6.89. The third kappa shape index (κ3) is 3.47. The Morgan fingerprint density at radius 3 is 2.78 bits per heavy atom. The molecule has 3 aromatic rings. The molecule has 4 rings (SSSR count). The van der Waals surface area contributed by atoms with Crippen molar-refractivity contribution in [3.05, 3.63) is 58.1 Å². The lowest BCUT2D eigenvalue weighted by atomic mass is 10.1. The molecule has 140 valence electrons. The summed E-state index contributed by atoms with van der Waals surface area (Å²) in [5.74, 6) is -0.196. The van der Waals surface area contributed by atoms with Gasteiger partial charge in [0.05, 0.1) is 26.2 Å². The van der Waals surface area contributed by atoms with Gasteiger partial charge in [-0.15, -0.1) is 11.3 Å². The highest BCUT2D eigenvalue weighted by atomic mass is 35.5. The van der Waals surface area contributed by atoms with Crippen LogP contribution in [0, 0.1) is 0 Å². The average molecular weight is 421 g/mol. The maximum atomic E-state index is 13.1. The molecular weight excluding hydrogens is 404 g/mol. The number of likely N-dealkylation sites (tertiary alicyclic amines) is 1. The maximum absolute atomic E-state index is 13.1. The van der Waals surface area contributed by atoms with Gasteiger partial charge in [-0.3, -0.25) is 4.79 Å². The maximum Gasteiger partial charge on any atom is 0.254 e. The number of benzene rings is 2. The molecule has 1 unspecified atom stereocenters. The topological polar surface area (TPSA) is 67.3 Å². The van der Waals surface area contributed by atoms with Crippen molar-refractivity contribution < 1.29 is 13.2 Å². The lowest BCUT2D eigenvalue weighted by Crippen LogP contribution is -2.30. The zero-order chi connectivity index (χ0) is 19.2. The van der Waals surface area contributed by atoms with E-state index in [1.807, 2.05) is 24.3 Å². The number of hydrogen-bond acceptors (Lipinski definition) is 5. The Labute approximate surface area is 166 Å². The first-order valence-electron chi connectivity index (χ1n) is 8.50. The van der Waals surface area contributed by atoms with Crippen LogP contribution in [0.25, 0.3) is 10.2 Å². The number of hydrogen-bond donors (Lipinski definition) is 0. The van der Waals surface area contributed by atoms with Crippen molar-refractivity contribution in [1.82, 2.24) is 9.88 Å². The lowest BCUT2D eigenvalue weighted by molar-refractivity contribution is 0.0735. The van der Waals surface area contributed by atoms with Crippen molar-refractivity contribution in [2.75, 3.05) is 12.8 Å². The van der Waals surface area contributed by atoms with Gasteiger partial charge in [0.25, 0.3) is 5.91 Å². The molecule has 1 aromatic heterocycles. The van der Waals surface area contributed by atoms with Crippen LogP contribution in [0.4, 0.5) is 0 Å². The number of thiazole rings is 1. The normalized spacial score (nSPS) is 17.6. The molecular formula is C19H17ClN2O3S2. The fourth-order valence-corrected chi connectivity index (χ4v) is 5.80. The van der Waals surface area contributed by atoms with Crippen molar-refractivity contribution in [3.63, 3.8) is 0 Å². The van der Waals surface area contributed by atoms with Crippen molar-refractivity contribution >= 4 is 48.9 Å². The van der Waals surface area contributed by atoms with Crippen LogP contribution in [0.5, 0.6) is 0 Å². The predicted molar refractivity (Wildman–Crippen MR) is 107 cm³/mol. The van der Waals surface area contributed by atoms with Crippen LogP contribution in [0.2, 0.25) is 5.02 Å². The fraction of sp³-hybridized carbons (Fsp3) is 0.263. The fourth-order valence-electron chi connectivity index (χ4n) is 3.39. The number of amides is 1. The van der Waals surface area contributed by atoms with E-state index in [1.54, 1.807) is 22.3 Å². The van der Waals surface area contributed by atoms with Gasteiger partial charge in [0.15, 0.2) is 9.84 Å². The zero-order valence-corrected chi connectivity index (χ0v) is 16.9. The summed E-state index contributed by atoms with van der Waals surface area (Å²) in [6, 6.07) is 12.2. The van der Waals surface area contributed by atoms with Gasteiger partial charge in [-0.25, -0.2) is 13.4 Å². The molecule has 5 nitrogen and oxygen atoms in total. The lowest BCUT2D eigenvalue weighted by Gasteiger charge is -2.23. The average Bonchev–Trinajstić information content (AvgIpc) is 3.27. The van der Waals surface area contributed by atoms with Crippen LogP contribution in [0.15, 0.2) is 47.4 Å². The monoisotopic (exact) mass is 420 g/mol. The molecule has 0 saturated carbocycles. The summed E-state index contributed by atoms with van der Waals surface area (Å²) in [7, 11) is -3.51. The number of carbonyl (C=O) groups excluding carboxylic acids is 1. The molecule has 2 aromatic carbocycles. The Bertz CT molecular complexity index is 1110. The van der Waals surface area contributed by atoms with Crippen molar-refractivity contribution in [2.24, 2.45) is 0 Å². The minimum atomic E-state index is -3.51.